The summed E-state index contributed by atoms with van der Waals surface area (Å²) in [7, 11) is 4.11. The smallest absolute Gasteiger partial charge is 0.0738 e. The molecule has 2 nitrogen and oxygen atoms in total. The van der Waals surface area contributed by atoms with E-state index < -0.39 is 0 Å². The lowest BCUT2D eigenvalue weighted by Crippen LogP contribution is -2.08. The summed E-state index contributed by atoms with van der Waals surface area (Å²) in [6, 6.07) is 19.0. The largest absolute Gasteiger partial charge is 0.378 e. The molecule has 0 aliphatic heterocycles. The van der Waals surface area contributed by atoms with Crippen LogP contribution in [0, 0.1) is 6.92 Å². The summed E-state index contributed by atoms with van der Waals surface area (Å²) in [6.07, 6.45) is 0. The summed E-state index contributed by atoms with van der Waals surface area (Å²) < 4.78 is 0. The number of nitrogens with zero attached hydrogens (tertiary/aromatic N) is 2. The topological polar surface area (TPSA) is 16.1 Å². The number of rotatable bonds is 2. The number of pyridine rings is 1. The normalized spacial score (nSPS) is 10.8. The van der Waals surface area contributed by atoms with E-state index in [1.165, 1.54) is 16.6 Å². The van der Waals surface area contributed by atoms with Crippen LogP contribution in [0.5, 0.6) is 0 Å². The van der Waals surface area contributed by atoms with E-state index in [1.54, 1.807) is 0 Å². The van der Waals surface area contributed by atoms with Gasteiger partial charge in [0.2, 0.25) is 0 Å². The third kappa shape index (κ3) is 2.25. The Bertz CT molecular complexity index is 760. The van der Waals surface area contributed by atoms with Crippen LogP contribution < -0.4 is 4.90 Å². The van der Waals surface area contributed by atoms with Crippen LogP contribution in [0.25, 0.3) is 22.2 Å². The van der Waals surface area contributed by atoms with Crippen molar-refractivity contribution in [3.63, 3.8) is 0 Å². The van der Waals surface area contributed by atoms with E-state index >= 15 is 0 Å². The van der Waals surface area contributed by atoms with Gasteiger partial charge in [0.05, 0.1) is 11.2 Å². The average molecular weight is 262 g/mol. The van der Waals surface area contributed by atoms with Crippen molar-refractivity contribution >= 4 is 16.6 Å². The van der Waals surface area contributed by atoms with Gasteiger partial charge in [-0.05, 0) is 30.7 Å². The maximum Gasteiger partial charge on any atom is 0.0738 e. The molecule has 2 aromatic carbocycles. The van der Waals surface area contributed by atoms with E-state index in [-0.39, 0.29) is 0 Å². The molecule has 0 aliphatic carbocycles. The number of para-hydroxylation sites is 1. The first kappa shape index (κ1) is 12.7. The van der Waals surface area contributed by atoms with E-state index in [4.69, 9.17) is 4.98 Å². The van der Waals surface area contributed by atoms with Crippen LogP contribution in [0.4, 0.5) is 5.69 Å². The molecule has 0 bridgehead atoms. The first-order chi connectivity index (χ1) is 9.65. The van der Waals surface area contributed by atoms with Crippen LogP contribution in [-0.4, -0.2) is 19.1 Å². The molecule has 0 saturated carbocycles. The molecule has 1 aromatic heterocycles. The summed E-state index contributed by atoms with van der Waals surface area (Å²) >= 11 is 0. The Hall–Kier alpha value is -2.35. The van der Waals surface area contributed by atoms with Crippen molar-refractivity contribution in [2.24, 2.45) is 0 Å². The van der Waals surface area contributed by atoms with Crippen LogP contribution in [0.3, 0.4) is 0 Å². The number of benzene rings is 2. The van der Waals surface area contributed by atoms with Gasteiger partial charge in [0, 0.05) is 30.7 Å². The van der Waals surface area contributed by atoms with Crippen LogP contribution in [0.2, 0.25) is 0 Å². The Labute approximate surface area is 119 Å². The fourth-order valence-corrected chi connectivity index (χ4v) is 2.40. The summed E-state index contributed by atoms with van der Waals surface area (Å²) in [4.78, 5) is 6.93. The molecule has 0 aliphatic rings. The second-order valence-corrected chi connectivity index (χ2v) is 5.29. The van der Waals surface area contributed by atoms with Gasteiger partial charge in [-0.3, -0.25) is 0 Å². The first-order valence-electron chi connectivity index (χ1n) is 6.79. The highest BCUT2D eigenvalue weighted by Gasteiger charge is 2.04. The Morgan fingerprint density at radius 1 is 0.900 bits per heavy atom. The van der Waals surface area contributed by atoms with Gasteiger partial charge in [-0.2, -0.15) is 0 Å². The highest BCUT2D eigenvalue weighted by Crippen LogP contribution is 2.25. The third-order valence-electron chi connectivity index (χ3n) is 3.58. The molecule has 0 spiro atoms. The van der Waals surface area contributed by atoms with E-state index in [1.807, 2.05) is 0 Å². The van der Waals surface area contributed by atoms with Gasteiger partial charge in [-0.15, -0.1) is 0 Å². The van der Waals surface area contributed by atoms with E-state index in [2.05, 4.69) is 80.5 Å². The second-order valence-electron chi connectivity index (χ2n) is 5.29. The number of fused-ring (bicyclic) bond motifs is 1. The molecule has 3 rings (SSSR count). The molecule has 0 radical (unpaired) electrons. The van der Waals surface area contributed by atoms with Gasteiger partial charge in [-0.1, -0.05) is 36.4 Å². The number of hydrogen-bond acceptors (Lipinski definition) is 2. The van der Waals surface area contributed by atoms with Crippen molar-refractivity contribution in [2.45, 2.75) is 6.92 Å². The number of anilines is 1. The Morgan fingerprint density at radius 2 is 1.70 bits per heavy atom. The molecule has 0 saturated heterocycles. The number of aryl methyl sites for hydroxylation is 1. The molecule has 100 valence electrons. The summed E-state index contributed by atoms with van der Waals surface area (Å²) in [5.74, 6) is 0. The van der Waals surface area contributed by atoms with Crippen LogP contribution in [-0.2, 0) is 0 Å². The van der Waals surface area contributed by atoms with Crippen molar-refractivity contribution in [3.8, 4) is 11.3 Å². The molecular weight excluding hydrogens is 244 g/mol. The maximum atomic E-state index is 4.83. The summed E-state index contributed by atoms with van der Waals surface area (Å²) in [5.41, 5.74) is 5.67. The van der Waals surface area contributed by atoms with Gasteiger partial charge < -0.3 is 4.90 Å². The van der Waals surface area contributed by atoms with Gasteiger partial charge in [0.1, 0.15) is 0 Å². The van der Waals surface area contributed by atoms with Gasteiger partial charge in [0.25, 0.3) is 0 Å². The molecule has 1 heterocycles. The predicted octanol–water partition coefficient (Wildman–Crippen LogP) is 4.28. The molecule has 2 heteroatoms. The standard InChI is InChI=1S/C18H18N2/c1-13-6-4-7-14-10-11-17(19-18(13)14)15-8-5-9-16(12-15)20(2)3/h4-12H,1-3H3. The molecule has 0 fully saturated rings. The highest BCUT2D eigenvalue weighted by atomic mass is 15.1. The Kier molecular flexibility index (Phi) is 3.15. The molecule has 0 unspecified atom stereocenters. The quantitative estimate of drug-likeness (QED) is 0.685. The van der Waals surface area contributed by atoms with Crippen molar-refractivity contribution in [2.75, 3.05) is 19.0 Å². The fraction of sp³-hybridized carbons (Fsp3) is 0.167. The minimum absolute atomic E-state index is 1.02. The van der Waals surface area contributed by atoms with Crippen molar-refractivity contribution in [1.82, 2.24) is 4.98 Å². The monoisotopic (exact) mass is 262 g/mol. The second kappa shape index (κ2) is 4.97. The lowest BCUT2D eigenvalue weighted by Gasteiger charge is -2.13. The lowest BCUT2D eigenvalue weighted by molar-refractivity contribution is 1.13. The van der Waals surface area contributed by atoms with Crippen molar-refractivity contribution in [3.05, 3.63) is 60.2 Å². The average Bonchev–Trinajstić information content (AvgIpc) is 2.47. The minimum Gasteiger partial charge on any atom is -0.378 e. The Morgan fingerprint density at radius 3 is 2.50 bits per heavy atom. The third-order valence-corrected chi connectivity index (χ3v) is 3.58. The molecule has 0 atom stereocenters. The zero-order chi connectivity index (χ0) is 14.1. The van der Waals surface area contributed by atoms with E-state index in [0.29, 0.717) is 0 Å². The van der Waals surface area contributed by atoms with Crippen LogP contribution in [0.1, 0.15) is 5.56 Å². The fourth-order valence-electron chi connectivity index (χ4n) is 2.40. The molecule has 0 amide bonds. The molecule has 0 N–H and O–H groups in total. The van der Waals surface area contributed by atoms with Crippen LogP contribution in [0.15, 0.2) is 54.6 Å². The maximum absolute atomic E-state index is 4.83. The predicted molar refractivity (Wildman–Crippen MR) is 86.2 cm³/mol. The van der Waals surface area contributed by atoms with Crippen molar-refractivity contribution in [1.29, 1.82) is 0 Å². The number of aromatic nitrogens is 1. The summed E-state index contributed by atoms with van der Waals surface area (Å²) in [6.45, 7) is 2.11. The van der Waals surface area contributed by atoms with Gasteiger partial charge >= 0.3 is 0 Å². The molecule has 3 aromatic rings. The summed E-state index contributed by atoms with van der Waals surface area (Å²) in [5, 5.41) is 1.19. The van der Waals surface area contributed by atoms with E-state index in [0.717, 1.165) is 16.8 Å². The van der Waals surface area contributed by atoms with Gasteiger partial charge in [0.15, 0.2) is 0 Å². The van der Waals surface area contributed by atoms with E-state index in [9.17, 15) is 0 Å². The van der Waals surface area contributed by atoms with Crippen LogP contribution >= 0.6 is 0 Å². The zero-order valence-corrected chi connectivity index (χ0v) is 12.1. The zero-order valence-electron chi connectivity index (χ0n) is 12.1. The number of hydrogen-bond donors (Lipinski definition) is 0. The Balaban J connectivity index is 2.15. The first-order valence-corrected chi connectivity index (χ1v) is 6.79. The molecular formula is C18H18N2. The molecule has 20 heavy (non-hydrogen) atoms. The SMILES string of the molecule is Cc1cccc2ccc(-c3cccc(N(C)C)c3)nc12. The highest BCUT2D eigenvalue weighted by molar-refractivity contribution is 5.84. The minimum atomic E-state index is 1.02. The lowest BCUT2D eigenvalue weighted by atomic mass is 10.1. The van der Waals surface area contributed by atoms with Gasteiger partial charge in [-0.25, -0.2) is 4.98 Å². The van der Waals surface area contributed by atoms with Crippen molar-refractivity contribution < 1.29 is 0 Å².